The Bertz CT molecular complexity index is 650. The fourth-order valence-corrected chi connectivity index (χ4v) is 3.11. The molecular formula is C15H20ClN5O2. The normalized spacial score (nSPS) is 23.9. The van der Waals surface area contributed by atoms with Crippen LogP contribution in [0.15, 0.2) is 24.8 Å². The lowest BCUT2D eigenvalue weighted by atomic mass is 10.1. The topological polar surface area (TPSA) is 85.1 Å². The molecule has 3 atom stereocenters. The van der Waals surface area contributed by atoms with Crippen LogP contribution in [0.25, 0.3) is 0 Å². The van der Waals surface area contributed by atoms with E-state index < -0.39 is 6.10 Å². The van der Waals surface area contributed by atoms with Crippen LogP contribution in [0.1, 0.15) is 19.8 Å². The molecule has 2 aromatic rings. The van der Waals surface area contributed by atoms with Gasteiger partial charge in [-0.2, -0.15) is 10.1 Å². The molecule has 0 spiro atoms. The second-order valence-electron chi connectivity index (χ2n) is 5.71. The Balaban J connectivity index is 1.59. The van der Waals surface area contributed by atoms with Crippen molar-refractivity contribution in [2.45, 2.75) is 38.5 Å². The van der Waals surface area contributed by atoms with Crippen LogP contribution < -0.4 is 10.1 Å². The molecule has 23 heavy (non-hydrogen) atoms. The average Bonchev–Trinajstić information content (AvgIpc) is 3.06. The van der Waals surface area contributed by atoms with Gasteiger partial charge < -0.3 is 15.2 Å². The van der Waals surface area contributed by atoms with Gasteiger partial charge in [0.05, 0.1) is 42.4 Å². The number of ether oxygens (including phenoxy) is 1. The van der Waals surface area contributed by atoms with Crippen molar-refractivity contribution in [1.82, 2.24) is 19.7 Å². The lowest BCUT2D eigenvalue weighted by molar-refractivity contribution is 0.165. The molecular weight excluding hydrogens is 318 g/mol. The Hall–Kier alpha value is -1.86. The number of aliphatic hydroxyl groups is 1. The summed E-state index contributed by atoms with van der Waals surface area (Å²) in [6.45, 7) is 3.18. The van der Waals surface area contributed by atoms with Crippen LogP contribution in [0.5, 0.6) is 5.88 Å². The van der Waals surface area contributed by atoms with Gasteiger partial charge in [-0.15, -0.1) is 0 Å². The van der Waals surface area contributed by atoms with Crippen molar-refractivity contribution in [1.29, 1.82) is 0 Å². The first kappa shape index (κ1) is 16.0. The van der Waals surface area contributed by atoms with Gasteiger partial charge in [0, 0.05) is 12.7 Å². The number of nitrogens with zero attached hydrogens (tertiary/aromatic N) is 4. The molecule has 1 unspecified atom stereocenters. The molecule has 1 aliphatic carbocycles. The summed E-state index contributed by atoms with van der Waals surface area (Å²) < 4.78 is 7.16. The maximum absolute atomic E-state index is 10.3. The maximum Gasteiger partial charge on any atom is 0.234 e. The zero-order valence-electron chi connectivity index (χ0n) is 12.9. The molecule has 8 heteroatoms. The van der Waals surface area contributed by atoms with Crippen LogP contribution in [0.2, 0.25) is 5.02 Å². The van der Waals surface area contributed by atoms with Crippen molar-refractivity contribution in [3.05, 3.63) is 29.8 Å². The Morgan fingerprint density at radius 3 is 3.00 bits per heavy atom. The van der Waals surface area contributed by atoms with Gasteiger partial charge in [-0.3, -0.25) is 9.67 Å². The summed E-state index contributed by atoms with van der Waals surface area (Å²) in [6, 6.07) is -0.0581. The van der Waals surface area contributed by atoms with E-state index in [0.29, 0.717) is 35.7 Å². The number of hydrogen-bond acceptors (Lipinski definition) is 6. The van der Waals surface area contributed by atoms with Gasteiger partial charge in [-0.25, -0.2) is 0 Å². The first-order valence-corrected chi connectivity index (χ1v) is 8.09. The fraction of sp³-hybridized carbons (Fsp3) is 0.533. The summed E-state index contributed by atoms with van der Waals surface area (Å²) in [5.74, 6) is 1.43. The van der Waals surface area contributed by atoms with Crippen LogP contribution in [0, 0.1) is 5.92 Å². The minimum atomic E-state index is -0.427. The molecule has 7 nitrogen and oxygen atoms in total. The molecule has 3 rings (SSSR count). The first-order chi connectivity index (χ1) is 11.1. The second kappa shape index (κ2) is 7.14. The molecule has 1 saturated carbocycles. The highest BCUT2D eigenvalue weighted by atomic mass is 35.5. The van der Waals surface area contributed by atoms with Crippen molar-refractivity contribution < 1.29 is 9.84 Å². The number of aliphatic hydroxyl groups excluding tert-OH is 1. The van der Waals surface area contributed by atoms with E-state index in [1.165, 1.54) is 0 Å². The van der Waals surface area contributed by atoms with Crippen molar-refractivity contribution >= 4 is 17.4 Å². The third-order valence-electron chi connectivity index (χ3n) is 3.91. The molecule has 0 bridgehead atoms. The zero-order chi connectivity index (χ0) is 16.2. The smallest absolute Gasteiger partial charge is 0.234 e. The molecule has 2 heterocycles. The predicted octanol–water partition coefficient (Wildman–Crippen LogP) is 1.98. The van der Waals surface area contributed by atoms with Gasteiger partial charge in [0.25, 0.3) is 0 Å². The molecule has 1 aliphatic rings. The molecule has 0 aliphatic heterocycles. The number of aromatic nitrogens is 4. The molecule has 1 fully saturated rings. The quantitative estimate of drug-likeness (QED) is 0.838. The van der Waals surface area contributed by atoms with Crippen LogP contribution >= 0.6 is 11.6 Å². The van der Waals surface area contributed by atoms with Crippen molar-refractivity contribution in [3.8, 4) is 5.88 Å². The van der Waals surface area contributed by atoms with E-state index >= 15 is 0 Å². The predicted molar refractivity (Wildman–Crippen MR) is 86.6 cm³/mol. The number of anilines is 1. The fourth-order valence-electron chi connectivity index (χ4n) is 2.95. The largest absolute Gasteiger partial charge is 0.477 e. The highest BCUT2D eigenvalue weighted by molar-refractivity contribution is 6.30. The van der Waals surface area contributed by atoms with E-state index in [-0.39, 0.29) is 6.04 Å². The Labute approximate surface area is 139 Å². The molecule has 0 aromatic carbocycles. The highest BCUT2D eigenvalue weighted by Gasteiger charge is 2.33. The summed E-state index contributed by atoms with van der Waals surface area (Å²) in [4.78, 5) is 8.43. The van der Waals surface area contributed by atoms with Gasteiger partial charge in [-0.05, 0) is 25.7 Å². The third kappa shape index (κ3) is 4.11. The minimum Gasteiger partial charge on any atom is -0.477 e. The highest BCUT2D eigenvalue weighted by Crippen LogP contribution is 2.29. The van der Waals surface area contributed by atoms with Gasteiger partial charge in [0.2, 0.25) is 5.88 Å². The van der Waals surface area contributed by atoms with E-state index in [1.54, 1.807) is 24.8 Å². The third-order valence-corrected chi connectivity index (χ3v) is 4.11. The van der Waals surface area contributed by atoms with Crippen LogP contribution in [-0.2, 0) is 6.54 Å². The van der Waals surface area contributed by atoms with Crippen molar-refractivity contribution in [2.24, 2.45) is 5.92 Å². The standard InChI is InChI=1S/C15H20ClN5O2/c1-2-23-15-7-17-6-14(20-15)19-12-3-10(4-13(12)22)8-21-9-11(16)5-18-21/h5-7,9-10,12-13,22H,2-4,8H2,1H3,(H,19,20)/t10?,12-,13-/m1/s1. The molecule has 2 N–H and O–H groups in total. The van der Waals surface area contributed by atoms with E-state index in [2.05, 4.69) is 20.4 Å². The number of hydrogen-bond donors (Lipinski definition) is 2. The summed E-state index contributed by atoms with van der Waals surface area (Å²) in [7, 11) is 0. The summed E-state index contributed by atoms with van der Waals surface area (Å²) in [5.41, 5.74) is 0. The Morgan fingerprint density at radius 2 is 2.26 bits per heavy atom. The van der Waals surface area contributed by atoms with Crippen LogP contribution in [-0.4, -0.2) is 43.6 Å². The van der Waals surface area contributed by atoms with Crippen molar-refractivity contribution in [2.75, 3.05) is 11.9 Å². The molecule has 0 saturated heterocycles. The van der Waals surface area contributed by atoms with Gasteiger partial charge in [0.1, 0.15) is 5.82 Å². The Kier molecular flexibility index (Phi) is 4.97. The zero-order valence-corrected chi connectivity index (χ0v) is 13.6. The van der Waals surface area contributed by atoms with Crippen LogP contribution in [0.3, 0.4) is 0 Å². The lowest BCUT2D eigenvalue weighted by Crippen LogP contribution is -2.28. The minimum absolute atomic E-state index is 0.0581. The molecule has 0 amide bonds. The lowest BCUT2D eigenvalue weighted by Gasteiger charge is -2.17. The first-order valence-electron chi connectivity index (χ1n) is 7.71. The van der Waals surface area contributed by atoms with E-state index in [0.717, 1.165) is 13.0 Å². The van der Waals surface area contributed by atoms with E-state index in [9.17, 15) is 5.11 Å². The van der Waals surface area contributed by atoms with E-state index in [1.807, 2.05) is 11.6 Å². The van der Waals surface area contributed by atoms with Gasteiger partial charge >= 0.3 is 0 Å². The summed E-state index contributed by atoms with van der Waals surface area (Å²) in [6.07, 6.45) is 7.75. The van der Waals surface area contributed by atoms with Gasteiger partial charge in [-0.1, -0.05) is 11.6 Å². The molecule has 2 aromatic heterocycles. The summed E-state index contributed by atoms with van der Waals surface area (Å²) >= 11 is 5.88. The molecule has 124 valence electrons. The Morgan fingerprint density at radius 1 is 1.39 bits per heavy atom. The van der Waals surface area contributed by atoms with E-state index in [4.69, 9.17) is 16.3 Å². The van der Waals surface area contributed by atoms with Gasteiger partial charge in [0.15, 0.2) is 0 Å². The second-order valence-corrected chi connectivity index (χ2v) is 6.15. The molecule has 0 radical (unpaired) electrons. The number of rotatable bonds is 6. The monoisotopic (exact) mass is 337 g/mol. The number of halogens is 1. The maximum atomic E-state index is 10.3. The number of nitrogens with one attached hydrogen (secondary N) is 1. The van der Waals surface area contributed by atoms with Crippen LogP contribution in [0.4, 0.5) is 5.82 Å². The SMILES string of the molecule is CCOc1cncc(N[C@@H]2CC(Cn3cc(Cl)cn3)C[C@H]2O)n1. The summed E-state index contributed by atoms with van der Waals surface area (Å²) in [5, 5.41) is 18.3. The average molecular weight is 338 g/mol. The van der Waals surface area contributed by atoms with Crippen molar-refractivity contribution in [3.63, 3.8) is 0 Å².